The fourth-order valence-electron chi connectivity index (χ4n) is 1.52. The third-order valence-electron chi connectivity index (χ3n) is 2.42. The fourth-order valence-corrected chi connectivity index (χ4v) is 2.01. The molecular formula is C12H14BrNO5. The zero-order valence-corrected chi connectivity index (χ0v) is 12.2. The van der Waals surface area contributed by atoms with Crippen molar-refractivity contribution in [3.8, 4) is 5.75 Å². The van der Waals surface area contributed by atoms with E-state index in [0.29, 0.717) is 24.3 Å². The molecule has 0 aliphatic rings. The van der Waals surface area contributed by atoms with Crippen molar-refractivity contribution in [1.29, 1.82) is 0 Å². The molecule has 0 spiro atoms. The van der Waals surface area contributed by atoms with Crippen LogP contribution in [0, 0.1) is 10.1 Å². The highest BCUT2D eigenvalue weighted by atomic mass is 79.9. The first-order chi connectivity index (χ1) is 8.99. The van der Waals surface area contributed by atoms with Crippen LogP contribution in [0.25, 0.3) is 0 Å². The van der Waals surface area contributed by atoms with Crippen molar-refractivity contribution in [3.05, 3.63) is 33.9 Å². The van der Waals surface area contributed by atoms with Crippen LogP contribution in [0.2, 0.25) is 0 Å². The number of hydrogen-bond acceptors (Lipinski definition) is 5. The zero-order chi connectivity index (χ0) is 14.4. The normalized spacial score (nSPS) is 11.7. The smallest absolute Gasteiger partial charge is 0.320 e. The first kappa shape index (κ1) is 15.4. The minimum absolute atomic E-state index is 0.0529. The van der Waals surface area contributed by atoms with Crippen molar-refractivity contribution in [2.75, 3.05) is 13.7 Å². The summed E-state index contributed by atoms with van der Waals surface area (Å²) in [6.45, 7) is 2.03. The first-order valence-electron chi connectivity index (χ1n) is 5.61. The molecule has 1 rings (SSSR count). The van der Waals surface area contributed by atoms with Gasteiger partial charge in [-0.3, -0.25) is 14.9 Å². The average molecular weight is 332 g/mol. The van der Waals surface area contributed by atoms with E-state index >= 15 is 0 Å². The van der Waals surface area contributed by atoms with Gasteiger partial charge in [0, 0.05) is 6.07 Å². The van der Waals surface area contributed by atoms with Crippen LogP contribution in [0.3, 0.4) is 0 Å². The number of nitrogens with zero attached hydrogens (tertiary/aromatic N) is 1. The first-order valence-corrected chi connectivity index (χ1v) is 6.53. The van der Waals surface area contributed by atoms with Gasteiger partial charge in [0.05, 0.1) is 24.7 Å². The molecule has 1 unspecified atom stereocenters. The largest absolute Gasteiger partial charge is 0.496 e. The molecule has 0 aliphatic heterocycles. The van der Waals surface area contributed by atoms with Gasteiger partial charge in [-0.05, 0) is 25.0 Å². The topological polar surface area (TPSA) is 78.7 Å². The van der Waals surface area contributed by atoms with Gasteiger partial charge in [0.1, 0.15) is 10.6 Å². The van der Waals surface area contributed by atoms with Gasteiger partial charge in [-0.15, -0.1) is 0 Å². The molecule has 0 saturated heterocycles. The molecular weight excluding hydrogens is 318 g/mol. The van der Waals surface area contributed by atoms with Crippen LogP contribution in [0.4, 0.5) is 5.69 Å². The molecule has 0 heterocycles. The highest BCUT2D eigenvalue weighted by Crippen LogP contribution is 2.27. The number of nitro benzene ring substituents is 1. The van der Waals surface area contributed by atoms with Crippen LogP contribution in [0.5, 0.6) is 5.75 Å². The van der Waals surface area contributed by atoms with Crippen molar-refractivity contribution < 1.29 is 19.2 Å². The quantitative estimate of drug-likeness (QED) is 0.346. The number of non-ortho nitro benzene ring substituents is 1. The zero-order valence-electron chi connectivity index (χ0n) is 10.6. The van der Waals surface area contributed by atoms with Crippen LogP contribution >= 0.6 is 15.9 Å². The number of alkyl halides is 1. The second-order valence-corrected chi connectivity index (χ2v) is 4.78. The van der Waals surface area contributed by atoms with Gasteiger partial charge >= 0.3 is 5.97 Å². The Morgan fingerprint density at radius 1 is 1.53 bits per heavy atom. The number of rotatable bonds is 6. The lowest BCUT2D eigenvalue weighted by Gasteiger charge is -2.12. The Morgan fingerprint density at radius 3 is 2.74 bits per heavy atom. The molecule has 0 fully saturated rings. The number of halogens is 1. The Morgan fingerprint density at radius 2 is 2.21 bits per heavy atom. The maximum atomic E-state index is 11.5. The summed E-state index contributed by atoms with van der Waals surface area (Å²) in [6, 6.07) is 4.29. The lowest BCUT2D eigenvalue weighted by Crippen LogP contribution is -2.20. The molecule has 1 atom stereocenters. The summed E-state index contributed by atoms with van der Waals surface area (Å²) in [5.74, 6) is 0.00542. The number of methoxy groups -OCH3 is 1. The number of ether oxygens (including phenoxy) is 2. The molecule has 0 amide bonds. The van der Waals surface area contributed by atoms with E-state index in [2.05, 4.69) is 15.9 Å². The van der Waals surface area contributed by atoms with Gasteiger partial charge in [-0.25, -0.2) is 0 Å². The maximum absolute atomic E-state index is 11.5. The molecule has 0 N–H and O–H groups in total. The lowest BCUT2D eigenvalue weighted by atomic mass is 10.1. The SMILES string of the molecule is CCOC(=O)C(Br)Cc1ccc([N+](=O)[O-])cc1OC. The van der Waals surface area contributed by atoms with Crippen molar-refractivity contribution in [1.82, 2.24) is 0 Å². The van der Waals surface area contributed by atoms with Crippen molar-refractivity contribution in [3.63, 3.8) is 0 Å². The summed E-state index contributed by atoms with van der Waals surface area (Å²) >= 11 is 3.23. The van der Waals surface area contributed by atoms with Gasteiger partial charge in [0.2, 0.25) is 0 Å². The van der Waals surface area contributed by atoms with E-state index in [4.69, 9.17) is 9.47 Å². The summed E-state index contributed by atoms with van der Waals surface area (Å²) in [6.07, 6.45) is 0.333. The minimum Gasteiger partial charge on any atom is -0.496 e. The Balaban J connectivity index is 2.89. The number of hydrogen-bond donors (Lipinski definition) is 0. The van der Waals surface area contributed by atoms with Gasteiger partial charge in [0.15, 0.2) is 0 Å². The molecule has 7 heteroatoms. The standard InChI is InChI=1S/C12H14BrNO5/c1-3-19-12(15)10(13)6-8-4-5-9(14(16)17)7-11(8)18-2/h4-5,7,10H,3,6H2,1-2H3. The lowest BCUT2D eigenvalue weighted by molar-refractivity contribution is -0.384. The molecule has 19 heavy (non-hydrogen) atoms. The Bertz CT molecular complexity index is 477. The monoisotopic (exact) mass is 331 g/mol. The number of benzene rings is 1. The Hall–Kier alpha value is -1.63. The van der Waals surface area contributed by atoms with Crippen LogP contribution in [0.15, 0.2) is 18.2 Å². The third kappa shape index (κ3) is 4.20. The van der Waals surface area contributed by atoms with Gasteiger partial charge in [-0.2, -0.15) is 0 Å². The van der Waals surface area contributed by atoms with E-state index in [9.17, 15) is 14.9 Å². The molecule has 1 aromatic rings. The van der Waals surface area contributed by atoms with Crippen LogP contribution in [-0.2, 0) is 16.0 Å². The van der Waals surface area contributed by atoms with E-state index in [0.717, 1.165) is 0 Å². The van der Waals surface area contributed by atoms with Crippen molar-refractivity contribution in [2.45, 2.75) is 18.2 Å². The maximum Gasteiger partial charge on any atom is 0.320 e. The average Bonchev–Trinajstić information content (AvgIpc) is 2.39. The molecule has 1 aromatic carbocycles. The van der Waals surface area contributed by atoms with E-state index in [-0.39, 0.29) is 11.7 Å². The van der Waals surface area contributed by atoms with Crippen molar-refractivity contribution in [2.24, 2.45) is 0 Å². The van der Waals surface area contributed by atoms with E-state index in [1.54, 1.807) is 13.0 Å². The minimum atomic E-state index is -0.511. The highest BCUT2D eigenvalue weighted by molar-refractivity contribution is 9.10. The number of esters is 1. The van der Waals surface area contributed by atoms with Crippen LogP contribution < -0.4 is 4.74 Å². The van der Waals surface area contributed by atoms with Crippen LogP contribution in [-0.4, -0.2) is 29.4 Å². The Kier molecular flexibility index (Phi) is 5.75. The summed E-state index contributed by atoms with van der Waals surface area (Å²) in [5, 5.41) is 10.7. The predicted molar refractivity (Wildman–Crippen MR) is 72.7 cm³/mol. The summed E-state index contributed by atoms with van der Waals surface area (Å²) in [5.41, 5.74) is 0.644. The molecule has 0 aliphatic carbocycles. The molecule has 0 saturated carbocycles. The number of nitro groups is 1. The van der Waals surface area contributed by atoms with Crippen LogP contribution in [0.1, 0.15) is 12.5 Å². The second kappa shape index (κ2) is 7.08. The summed E-state index contributed by atoms with van der Waals surface area (Å²) < 4.78 is 9.98. The van der Waals surface area contributed by atoms with E-state index in [1.165, 1.54) is 19.2 Å². The molecule has 104 valence electrons. The fraction of sp³-hybridized carbons (Fsp3) is 0.417. The number of carbonyl (C=O) groups excluding carboxylic acids is 1. The summed E-state index contributed by atoms with van der Waals surface area (Å²) in [7, 11) is 1.43. The summed E-state index contributed by atoms with van der Waals surface area (Å²) in [4.78, 5) is 21.2. The van der Waals surface area contributed by atoms with E-state index < -0.39 is 9.75 Å². The molecule has 6 nitrogen and oxygen atoms in total. The molecule has 0 radical (unpaired) electrons. The number of carbonyl (C=O) groups is 1. The third-order valence-corrected chi connectivity index (χ3v) is 3.12. The van der Waals surface area contributed by atoms with Crippen molar-refractivity contribution >= 4 is 27.6 Å². The van der Waals surface area contributed by atoms with E-state index in [1.807, 2.05) is 0 Å². The molecule has 0 aromatic heterocycles. The van der Waals surface area contributed by atoms with Gasteiger partial charge in [-0.1, -0.05) is 15.9 Å². The second-order valence-electron chi connectivity index (χ2n) is 3.68. The van der Waals surface area contributed by atoms with Gasteiger partial charge in [0.25, 0.3) is 5.69 Å². The van der Waals surface area contributed by atoms with Gasteiger partial charge < -0.3 is 9.47 Å². The predicted octanol–water partition coefficient (Wildman–Crippen LogP) is 2.47. The Labute approximate surface area is 119 Å². The molecule has 0 bridgehead atoms. The highest BCUT2D eigenvalue weighted by Gasteiger charge is 2.20.